The normalized spacial score (nSPS) is 9.76. The molecular formula is C14H14BO2. The average molecular weight is 225 g/mol. The molecule has 0 aliphatic carbocycles. The van der Waals surface area contributed by atoms with Gasteiger partial charge in [0.2, 0.25) is 0 Å². The molecule has 0 aliphatic heterocycles. The van der Waals surface area contributed by atoms with Gasteiger partial charge >= 0.3 is 0 Å². The first-order valence-electron chi connectivity index (χ1n) is 5.44. The van der Waals surface area contributed by atoms with Gasteiger partial charge in [-0.1, -0.05) is 35.2 Å². The summed E-state index contributed by atoms with van der Waals surface area (Å²) in [5.41, 5.74) is 2.30. The van der Waals surface area contributed by atoms with E-state index in [1.807, 2.05) is 48.5 Å². The van der Waals surface area contributed by atoms with Gasteiger partial charge in [0, 0.05) is 0 Å². The Morgan fingerprint density at radius 3 is 1.29 bits per heavy atom. The highest BCUT2D eigenvalue weighted by molar-refractivity contribution is 6.67. The summed E-state index contributed by atoms with van der Waals surface area (Å²) in [7, 11) is 5.45. The standard InChI is InChI=1S/C14H14BO2/c1-16-13-7-3-11(4-8-13)15-12-5-9-14(17-2)10-6-12/h3-10H,1-2H3. The summed E-state index contributed by atoms with van der Waals surface area (Å²) >= 11 is 0. The largest absolute Gasteiger partial charge is 0.497 e. The van der Waals surface area contributed by atoms with E-state index in [4.69, 9.17) is 9.47 Å². The van der Waals surface area contributed by atoms with Crippen LogP contribution in [0.3, 0.4) is 0 Å². The fourth-order valence-corrected chi connectivity index (χ4v) is 1.59. The maximum atomic E-state index is 5.12. The van der Waals surface area contributed by atoms with Crippen molar-refractivity contribution in [2.24, 2.45) is 0 Å². The van der Waals surface area contributed by atoms with Crippen molar-refractivity contribution in [1.29, 1.82) is 0 Å². The molecule has 2 aromatic carbocycles. The lowest BCUT2D eigenvalue weighted by Gasteiger charge is -2.04. The molecule has 85 valence electrons. The van der Waals surface area contributed by atoms with Crippen molar-refractivity contribution in [2.75, 3.05) is 14.2 Å². The van der Waals surface area contributed by atoms with Crippen LogP contribution in [-0.2, 0) is 0 Å². The van der Waals surface area contributed by atoms with Crippen molar-refractivity contribution < 1.29 is 9.47 Å². The molecule has 3 heteroatoms. The summed E-state index contributed by atoms with van der Waals surface area (Å²) in [5, 5.41) is 0. The number of methoxy groups -OCH3 is 2. The molecule has 2 aromatic rings. The zero-order chi connectivity index (χ0) is 12.1. The summed E-state index contributed by atoms with van der Waals surface area (Å²) in [6.07, 6.45) is 0. The van der Waals surface area contributed by atoms with Gasteiger partial charge in [-0.05, 0) is 24.3 Å². The highest BCUT2D eigenvalue weighted by Crippen LogP contribution is 2.06. The van der Waals surface area contributed by atoms with Crippen LogP contribution in [-0.4, -0.2) is 21.5 Å². The van der Waals surface area contributed by atoms with E-state index in [9.17, 15) is 0 Å². The first kappa shape index (κ1) is 11.6. The second-order valence-electron chi connectivity index (χ2n) is 3.69. The Hall–Kier alpha value is -1.90. The first-order chi connectivity index (χ1) is 8.31. The van der Waals surface area contributed by atoms with Crippen LogP contribution >= 0.6 is 0 Å². The summed E-state index contributed by atoms with van der Waals surface area (Å²) in [6, 6.07) is 15.9. The molecule has 0 amide bonds. The lowest BCUT2D eigenvalue weighted by molar-refractivity contribution is 0.415. The molecule has 0 N–H and O–H groups in total. The van der Waals surface area contributed by atoms with E-state index in [0.29, 0.717) is 0 Å². The molecule has 0 atom stereocenters. The van der Waals surface area contributed by atoms with Crippen LogP contribution < -0.4 is 20.4 Å². The van der Waals surface area contributed by atoms with Crippen LogP contribution in [0.2, 0.25) is 0 Å². The number of hydrogen-bond acceptors (Lipinski definition) is 2. The quantitative estimate of drug-likeness (QED) is 0.731. The third-order valence-electron chi connectivity index (χ3n) is 2.56. The molecule has 0 saturated carbocycles. The van der Waals surface area contributed by atoms with E-state index in [1.165, 1.54) is 0 Å². The van der Waals surface area contributed by atoms with Gasteiger partial charge in [0.05, 0.1) is 14.2 Å². The zero-order valence-corrected chi connectivity index (χ0v) is 10.0. The summed E-state index contributed by atoms with van der Waals surface area (Å²) in [4.78, 5) is 0. The molecule has 2 nitrogen and oxygen atoms in total. The second-order valence-corrected chi connectivity index (χ2v) is 3.69. The maximum absolute atomic E-state index is 5.12. The molecule has 1 radical (unpaired) electrons. The van der Waals surface area contributed by atoms with E-state index in [1.54, 1.807) is 14.2 Å². The zero-order valence-electron chi connectivity index (χ0n) is 10.0. The van der Waals surface area contributed by atoms with Crippen LogP contribution in [0.25, 0.3) is 0 Å². The predicted octanol–water partition coefficient (Wildman–Crippen LogP) is 1.36. The van der Waals surface area contributed by atoms with Crippen LogP contribution in [0.15, 0.2) is 48.5 Å². The van der Waals surface area contributed by atoms with Crippen LogP contribution in [0.1, 0.15) is 0 Å². The minimum absolute atomic E-state index is 0.872. The molecule has 0 aromatic heterocycles. The molecule has 0 aliphatic rings. The summed E-state index contributed by atoms with van der Waals surface area (Å²) in [6.45, 7) is 0. The SMILES string of the molecule is COc1ccc([B]c2ccc(OC)cc2)cc1. The highest BCUT2D eigenvalue weighted by Gasteiger charge is 2.00. The van der Waals surface area contributed by atoms with Gasteiger partial charge < -0.3 is 9.47 Å². The molecule has 17 heavy (non-hydrogen) atoms. The third kappa shape index (κ3) is 3.03. The summed E-state index contributed by atoms with van der Waals surface area (Å²) < 4.78 is 10.2. The second kappa shape index (κ2) is 5.44. The van der Waals surface area contributed by atoms with Crippen molar-refractivity contribution in [3.63, 3.8) is 0 Å². The molecule has 0 spiro atoms. The van der Waals surface area contributed by atoms with E-state index in [2.05, 4.69) is 7.28 Å². The van der Waals surface area contributed by atoms with Gasteiger partial charge in [-0.2, -0.15) is 0 Å². The molecule has 2 rings (SSSR count). The minimum atomic E-state index is 0.872. The Bertz CT molecular complexity index is 417. The number of ether oxygens (including phenoxy) is 2. The van der Waals surface area contributed by atoms with Crippen molar-refractivity contribution in [3.05, 3.63) is 48.5 Å². The van der Waals surface area contributed by atoms with Crippen LogP contribution in [0.5, 0.6) is 11.5 Å². The lowest BCUT2D eigenvalue weighted by atomic mass is 9.64. The Balaban J connectivity index is 2.08. The Morgan fingerprint density at radius 2 is 1.00 bits per heavy atom. The molecule has 0 unspecified atom stereocenters. The number of benzene rings is 2. The van der Waals surface area contributed by atoms with Crippen molar-refractivity contribution in [3.8, 4) is 11.5 Å². The van der Waals surface area contributed by atoms with Crippen molar-refractivity contribution >= 4 is 18.2 Å². The molecular weight excluding hydrogens is 211 g/mol. The van der Waals surface area contributed by atoms with Gasteiger partial charge in [0.1, 0.15) is 11.5 Å². The van der Waals surface area contributed by atoms with E-state index < -0.39 is 0 Å². The van der Waals surface area contributed by atoms with Crippen molar-refractivity contribution in [1.82, 2.24) is 0 Å². The van der Waals surface area contributed by atoms with Crippen LogP contribution in [0.4, 0.5) is 0 Å². The van der Waals surface area contributed by atoms with Gasteiger partial charge in [-0.3, -0.25) is 0 Å². The number of rotatable bonds is 4. The summed E-state index contributed by atoms with van der Waals surface area (Å²) in [5.74, 6) is 1.74. The van der Waals surface area contributed by atoms with Crippen LogP contribution in [0, 0.1) is 0 Å². The first-order valence-corrected chi connectivity index (χ1v) is 5.44. The Labute approximate surface area is 102 Å². The third-order valence-corrected chi connectivity index (χ3v) is 2.56. The van der Waals surface area contributed by atoms with Gasteiger partial charge in [0.15, 0.2) is 7.28 Å². The van der Waals surface area contributed by atoms with Gasteiger partial charge in [-0.15, -0.1) is 0 Å². The number of hydrogen-bond donors (Lipinski definition) is 0. The highest BCUT2D eigenvalue weighted by atomic mass is 16.5. The smallest absolute Gasteiger partial charge is 0.191 e. The lowest BCUT2D eigenvalue weighted by Crippen LogP contribution is -2.26. The molecule has 0 fully saturated rings. The molecule has 0 bridgehead atoms. The fourth-order valence-electron chi connectivity index (χ4n) is 1.59. The van der Waals surface area contributed by atoms with E-state index in [-0.39, 0.29) is 0 Å². The van der Waals surface area contributed by atoms with Crippen molar-refractivity contribution in [2.45, 2.75) is 0 Å². The van der Waals surface area contributed by atoms with Gasteiger partial charge in [0.25, 0.3) is 0 Å². The van der Waals surface area contributed by atoms with E-state index in [0.717, 1.165) is 22.4 Å². The predicted molar refractivity (Wildman–Crippen MR) is 71.0 cm³/mol. The maximum Gasteiger partial charge on any atom is 0.191 e. The monoisotopic (exact) mass is 225 g/mol. The minimum Gasteiger partial charge on any atom is -0.497 e. The van der Waals surface area contributed by atoms with E-state index >= 15 is 0 Å². The average Bonchev–Trinajstić information content (AvgIpc) is 2.40. The molecule has 0 saturated heterocycles. The Morgan fingerprint density at radius 1 is 0.647 bits per heavy atom. The molecule has 0 heterocycles. The van der Waals surface area contributed by atoms with Gasteiger partial charge in [-0.25, -0.2) is 0 Å². The topological polar surface area (TPSA) is 18.5 Å². The Kier molecular flexibility index (Phi) is 3.71. The fraction of sp³-hybridized carbons (Fsp3) is 0.143.